The Hall–Kier alpha value is -1.35. The molecular formula is C12H11ClN2O. The Bertz CT molecular complexity index is 552. The summed E-state index contributed by atoms with van der Waals surface area (Å²) in [6.07, 6.45) is 2.41. The number of hydrogen-bond acceptors (Lipinski definition) is 3. The van der Waals surface area contributed by atoms with Gasteiger partial charge in [-0.05, 0) is 36.6 Å². The number of nitrogens with zero attached hydrogens (tertiary/aromatic N) is 2. The highest BCUT2D eigenvalue weighted by atomic mass is 35.5. The largest absolute Gasteiger partial charge is 0.497 e. The maximum absolute atomic E-state index is 5.93. The first-order valence-electron chi connectivity index (χ1n) is 5.29. The van der Waals surface area contributed by atoms with E-state index in [1.54, 1.807) is 7.11 Å². The Balaban J connectivity index is 2.25. The van der Waals surface area contributed by atoms with Crippen molar-refractivity contribution in [2.75, 3.05) is 7.11 Å². The van der Waals surface area contributed by atoms with Gasteiger partial charge < -0.3 is 4.74 Å². The molecule has 0 amide bonds. The van der Waals surface area contributed by atoms with Crippen molar-refractivity contribution in [3.05, 3.63) is 29.2 Å². The van der Waals surface area contributed by atoms with Crippen LogP contribution in [0.3, 0.4) is 0 Å². The number of methoxy groups -OCH3 is 1. The molecule has 1 fully saturated rings. The maximum atomic E-state index is 5.93. The van der Waals surface area contributed by atoms with Gasteiger partial charge in [-0.15, -0.1) is 0 Å². The standard InChI is InChI=1S/C12H11ClN2O/c1-16-8-4-5-9-10(6-8)14-12(13)15-11(9)7-2-3-7/h4-7H,2-3H2,1H3. The predicted molar refractivity (Wildman–Crippen MR) is 63.1 cm³/mol. The second kappa shape index (κ2) is 3.59. The summed E-state index contributed by atoms with van der Waals surface area (Å²) in [5.41, 5.74) is 1.94. The summed E-state index contributed by atoms with van der Waals surface area (Å²) in [7, 11) is 1.64. The van der Waals surface area contributed by atoms with Gasteiger partial charge in [-0.25, -0.2) is 9.97 Å². The molecule has 1 aromatic heterocycles. The fourth-order valence-corrected chi connectivity index (χ4v) is 2.08. The van der Waals surface area contributed by atoms with Gasteiger partial charge in [-0.2, -0.15) is 0 Å². The second-order valence-corrected chi connectivity index (χ2v) is 4.37. The molecule has 1 aliphatic rings. The molecule has 0 N–H and O–H groups in total. The number of aromatic nitrogens is 2. The summed E-state index contributed by atoms with van der Waals surface area (Å²) in [6.45, 7) is 0. The van der Waals surface area contributed by atoms with Crippen molar-refractivity contribution in [1.82, 2.24) is 9.97 Å². The average Bonchev–Trinajstić information content (AvgIpc) is 3.10. The van der Waals surface area contributed by atoms with E-state index in [0.717, 1.165) is 22.3 Å². The van der Waals surface area contributed by atoms with E-state index < -0.39 is 0 Å². The van der Waals surface area contributed by atoms with Gasteiger partial charge in [0.25, 0.3) is 0 Å². The van der Waals surface area contributed by atoms with Gasteiger partial charge in [-0.1, -0.05) is 0 Å². The Morgan fingerprint density at radius 1 is 1.31 bits per heavy atom. The minimum Gasteiger partial charge on any atom is -0.497 e. The van der Waals surface area contributed by atoms with E-state index in [0.29, 0.717) is 11.2 Å². The molecule has 0 saturated heterocycles. The zero-order valence-electron chi connectivity index (χ0n) is 8.90. The molecule has 1 aromatic carbocycles. The van der Waals surface area contributed by atoms with Gasteiger partial charge in [-0.3, -0.25) is 0 Å². The molecule has 0 atom stereocenters. The van der Waals surface area contributed by atoms with E-state index in [-0.39, 0.29) is 0 Å². The molecule has 0 bridgehead atoms. The zero-order chi connectivity index (χ0) is 11.1. The van der Waals surface area contributed by atoms with E-state index in [1.807, 2.05) is 18.2 Å². The summed E-state index contributed by atoms with van der Waals surface area (Å²) in [6, 6.07) is 5.85. The molecule has 2 aromatic rings. The highest BCUT2D eigenvalue weighted by molar-refractivity contribution is 6.28. The van der Waals surface area contributed by atoms with E-state index in [9.17, 15) is 0 Å². The number of benzene rings is 1. The van der Waals surface area contributed by atoms with Crippen LogP contribution in [0.25, 0.3) is 10.9 Å². The van der Waals surface area contributed by atoms with E-state index in [4.69, 9.17) is 16.3 Å². The summed E-state index contributed by atoms with van der Waals surface area (Å²) >= 11 is 5.93. The maximum Gasteiger partial charge on any atom is 0.223 e. The lowest BCUT2D eigenvalue weighted by atomic mass is 10.1. The van der Waals surface area contributed by atoms with Crippen LogP contribution in [0.2, 0.25) is 5.28 Å². The first-order valence-corrected chi connectivity index (χ1v) is 5.67. The van der Waals surface area contributed by atoms with Crippen LogP contribution in [-0.2, 0) is 0 Å². The van der Waals surface area contributed by atoms with Crippen molar-refractivity contribution in [3.8, 4) is 5.75 Å². The lowest BCUT2D eigenvalue weighted by Gasteiger charge is -2.06. The molecule has 0 spiro atoms. The zero-order valence-corrected chi connectivity index (χ0v) is 9.66. The van der Waals surface area contributed by atoms with Crippen LogP contribution in [0.4, 0.5) is 0 Å². The van der Waals surface area contributed by atoms with Gasteiger partial charge in [0.2, 0.25) is 5.28 Å². The highest BCUT2D eigenvalue weighted by Crippen LogP contribution is 2.42. The Kier molecular flexibility index (Phi) is 2.21. The highest BCUT2D eigenvalue weighted by Gasteiger charge is 2.27. The van der Waals surface area contributed by atoms with Crippen LogP contribution in [0.15, 0.2) is 18.2 Å². The van der Waals surface area contributed by atoms with Crippen LogP contribution < -0.4 is 4.74 Å². The Labute approximate surface area is 98.4 Å². The van der Waals surface area contributed by atoms with Crippen molar-refractivity contribution in [2.45, 2.75) is 18.8 Å². The van der Waals surface area contributed by atoms with E-state index >= 15 is 0 Å². The third kappa shape index (κ3) is 1.61. The summed E-state index contributed by atoms with van der Waals surface area (Å²) in [4.78, 5) is 8.56. The number of ether oxygens (including phenoxy) is 1. The molecule has 82 valence electrons. The molecule has 1 aliphatic carbocycles. The molecule has 0 unspecified atom stereocenters. The smallest absolute Gasteiger partial charge is 0.223 e. The molecule has 1 heterocycles. The van der Waals surface area contributed by atoms with Crippen molar-refractivity contribution < 1.29 is 4.74 Å². The molecule has 3 nitrogen and oxygen atoms in total. The Morgan fingerprint density at radius 2 is 2.12 bits per heavy atom. The number of fused-ring (bicyclic) bond motifs is 1. The molecule has 3 rings (SSSR count). The predicted octanol–water partition coefficient (Wildman–Crippen LogP) is 3.17. The monoisotopic (exact) mass is 234 g/mol. The minimum absolute atomic E-state index is 0.322. The third-order valence-electron chi connectivity index (χ3n) is 2.87. The average molecular weight is 235 g/mol. The van der Waals surface area contributed by atoms with Gasteiger partial charge in [0.05, 0.1) is 18.3 Å². The van der Waals surface area contributed by atoms with Crippen LogP contribution >= 0.6 is 11.6 Å². The summed E-state index contributed by atoms with van der Waals surface area (Å²) < 4.78 is 5.17. The van der Waals surface area contributed by atoms with Crippen molar-refractivity contribution in [2.24, 2.45) is 0 Å². The second-order valence-electron chi connectivity index (χ2n) is 4.04. The first-order chi connectivity index (χ1) is 7.78. The van der Waals surface area contributed by atoms with Gasteiger partial charge in [0, 0.05) is 17.4 Å². The third-order valence-corrected chi connectivity index (χ3v) is 3.04. The fraction of sp³-hybridized carbons (Fsp3) is 0.333. The summed E-state index contributed by atoms with van der Waals surface area (Å²) in [5, 5.41) is 1.41. The van der Waals surface area contributed by atoms with E-state index in [1.165, 1.54) is 12.8 Å². The number of halogens is 1. The lowest BCUT2D eigenvalue weighted by Crippen LogP contribution is -1.94. The van der Waals surface area contributed by atoms with Crippen LogP contribution in [-0.4, -0.2) is 17.1 Å². The molecular weight excluding hydrogens is 224 g/mol. The minimum atomic E-state index is 0.322. The summed E-state index contributed by atoms with van der Waals surface area (Å²) in [5.74, 6) is 1.36. The number of rotatable bonds is 2. The van der Waals surface area contributed by atoms with Crippen molar-refractivity contribution in [3.63, 3.8) is 0 Å². The fourth-order valence-electron chi connectivity index (χ4n) is 1.90. The molecule has 4 heteroatoms. The molecule has 16 heavy (non-hydrogen) atoms. The van der Waals surface area contributed by atoms with Crippen LogP contribution in [0.5, 0.6) is 5.75 Å². The van der Waals surface area contributed by atoms with Gasteiger partial charge in [0.1, 0.15) is 5.75 Å². The molecule has 0 radical (unpaired) electrons. The van der Waals surface area contributed by atoms with Crippen LogP contribution in [0.1, 0.15) is 24.5 Å². The SMILES string of the molecule is COc1ccc2c(C3CC3)nc(Cl)nc2c1. The normalized spacial score (nSPS) is 15.4. The lowest BCUT2D eigenvalue weighted by molar-refractivity contribution is 0.415. The van der Waals surface area contributed by atoms with Crippen LogP contribution in [0, 0.1) is 0 Å². The van der Waals surface area contributed by atoms with Crippen molar-refractivity contribution in [1.29, 1.82) is 0 Å². The van der Waals surface area contributed by atoms with Gasteiger partial charge >= 0.3 is 0 Å². The van der Waals surface area contributed by atoms with Gasteiger partial charge in [0.15, 0.2) is 0 Å². The Morgan fingerprint density at radius 3 is 2.81 bits per heavy atom. The topological polar surface area (TPSA) is 35.0 Å². The van der Waals surface area contributed by atoms with Crippen molar-refractivity contribution >= 4 is 22.5 Å². The first kappa shape index (κ1) is 9.85. The quantitative estimate of drug-likeness (QED) is 0.749. The molecule has 1 saturated carbocycles. The van der Waals surface area contributed by atoms with E-state index in [2.05, 4.69) is 9.97 Å². The molecule has 0 aliphatic heterocycles. The number of hydrogen-bond donors (Lipinski definition) is 0.